The highest BCUT2D eigenvalue weighted by Crippen LogP contribution is 2.42. The summed E-state index contributed by atoms with van der Waals surface area (Å²) < 4.78 is 90.2. The normalized spacial score (nSPS) is 12.3. The molecule has 0 amide bonds. The van der Waals surface area contributed by atoms with Crippen LogP contribution >= 0.6 is 0 Å². The van der Waals surface area contributed by atoms with E-state index in [1.807, 2.05) is 132 Å². The van der Waals surface area contributed by atoms with E-state index in [0.717, 1.165) is 89.1 Å². The zero-order valence-corrected chi connectivity index (χ0v) is 32.2. The topological polar surface area (TPSA) is 22.8 Å². The van der Waals surface area contributed by atoms with Crippen molar-refractivity contribution in [2.24, 2.45) is 0 Å². The van der Waals surface area contributed by atoms with Crippen molar-refractivity contribution < 1.29 is 26.3 Å². The Morgan fingerprint density at radius 2 is 0.750 bits per heavy atom. The SMILES string of the molecule is Cc1ccccc1-c1ccc2c3ccccc3n(-c3cc(-c4cc(C(F)(F)F)cc(C(F)(F)F)c4)cc(-n4c5ccccc5c5ccc(-c6ccccc6C)cc54)n3)c2c1. The van der Waals surface area contributed by atoms with Gasteiger partial charge < -0.3 is 0 Å². The molecule has 0 radical (unpaired) electrons. The van der Waals surface area contributed by atoms with Gasteiger partial charge in [-0.3, -0.25) is 9.13 Å². The Bertz CT molecular complexity index is 3120. The van der Waals surface area contributed by atoms with Crippen LogP contribution in [0.4, 0.5) is 26.3 Å². The summed E-state index contributed by atoms with van der Waals surface area (Å²) in [6, 6.07) is 48.8. The molecule has 0 unspecified atom stereocenters. The van der Waals surface area contributed by atoms with E-state index in [-0.39, 0.29) is 17.2 Å². The van der Waals surface area contributed by atoms with Gasteiger partial charge >= 0.3 is 12.4 Å². The molecule has 0 saturated heterocycles. The van der Waals surface area contributed by atoms with Crippen LogP contribution in [0, 0.1) is 13.8 Å². The number of aryl methyl sites for hydroxylation is 2. The second kappa shape index (κ2) is 13.7. The maximum absolute atomic E-state index is 14.4. The maximum Gasteiger partial charge on any atom is 0.416 e. The van der Waals surface area contributed by atoms with Crippen molar-refractivity contribution in [2.45, 2.75) is 26.2 Å². The summed E-state index contributed by atoms with van der Waals surface area (Å²) in [5.41, 5.74) is 6.27. The van der Waals surface area contributed by atoms with Gasteiger partial charge in [-0.05, 0) is 113 Å². The Labute approximate surface area is 340 Å². The molecule has 10 rings (SSSR count). The van der Waals surface area contributed by atoms with Crippen LogP contribution in [0.5, 0.6) is 0 Å². The Morgan fingerprint density at radius 1 is 0.367 bits per heavy atom. The quantitative estimate of drug-likeness (QED) is 0.159. The molecule has 0 aliphatic heterocycles. The zero-order chi connectivity index (χ0) is 41.5. The average molecular weight is 802 g/mol. The van der Waals surface area contributed by atoms with Crippen molar-refractivity contribution >= 4 is 43.6 Å². The molecule has 3 heterocycles. The lowest BCUT2D eigenvalue weighted by Crippen LogP contribution is -2.11. The number of alkyl halides is 6. The van der Waals surface area contributed by atoms with Crippen molar-refractivity contribution in [1.29, 1.82) is 0 Å². The summed E-state index contributed by atoms with van der Waals surface area (Å²) in [5.74, 6) is 0.644. The van der Waals surface area contributed by atoms with Crippen LogP contribution in [0.3, 0.4) is 0 Å². The van der Waals surface area contributed by atoms with Gasteiger partial charge in [-0.15, -0.1) is 0 Å². The summed E-state index contributed by atoms with van der Waals surface area (Å²) >= 11 is 0. The second-order valence-electron chi connectivity index (χ2n) is 15.2. The number of benzene rings is 7. The van der Waals surface area contributed by atoms with Gasteiger partial charge in [0.05, 0.1) is 33.2 Å². The summed E-state index contributed by atoms with van der Waals surface area (Å²) in [5, 5.41) is 3.65. The van der Waals surface area contributed by atoms with E-state index in [9.17, 15) is 26.3 Å². The average Bonchev–Trinajstić information content (AvgIpc) is 3.75. The van der Waals surface area contributed by atoms with E-state index in [1.165, 1.54) is 0 Å². The van der Waals surface area contributed by atoms with Crippen LogP contribution < -0.4 is 0 Å². The number of halogens is 6. The van der Waals surface area contributed by atoms with E-state index in [4.69, 9.17) is 4.98 Å². The van der Waals surface area contributed by atoms with E-state index in [2.05, 4.69) is 24.3 Å². The van der Waals surface area contributed by atoms with Crippen LogP contribution in [0.15, 0.2) is 164 Å². The van der Waals surface area contributed by atoms with Crippen LogP contribution in [-0.2, 0) is 12.4 Å². The Morgan fingerprint density at radius 3 is 1.18 bits per heavy atom. The molecule has 7 aromatic carbocycles. The molecule has 294 valence electrons. The van der Waals surface area contributed by atoms with Gasteiger partial charge in [-0.2, -0.15) is 26.3 Å². The van der Waals surface area contributed by atoms with Gasteiger partial charge in [0.1, 0.15) is 11.6 Å². The van der Waals surface area contributed by atoms with Crippen molar-refractivity contribution in [3.05, 3.63) is 186 Å². The van der Waals surface area contributed by atoms with E-state index in [1.54, 1.807) is 12.1 Å². The molecule has 0 saturated carbocycles. The Hall–Kier alpha value is -7.13. The lowest BCUT2D eigenvalue weighted by Gasteiger charge is -2.17. The molecule has 9 heteroatoms. The highest BCUT2D eigenvalue weighted by atomic mass is 19.4. The van der Waals surface area contributed by atoms with Gasteiger partial charge in [0.25, 0.3) is 0 Å². The van der Waals surface area contributed by atoms with Crippen molar-refractivity contribution in [1.82, 2.24) is 14.1 Å². The third-order valence-corrected chi connectivity index (χ3v) is 11.4. The molecule has 0 fully saturated rings. The molecule has 0 aliphatic rings. The van der Waals surface area contributed by atoms with Gasteiger partial charge in [0, 0.05) is 21.5 Å². The molecule has 0 atom stereocenters. The minimum atomic E-state index is -5.04. The first kappa shape index (κ1) is 37.2. The molecular formula is C51H33F6N3. The number of rotatable bonds is 5. The van der Waals surface area contributed by atoms with Crippen molar-refractivity contribution in [2.75, 3.05) is 0 Å². The second-order valence-corrected chi connectivity index (χ2v) is 15.2. The minimum Gasteiger partial charge on any atom is -0.294 e. The van der Waals surface area contributed by atoms with Gasteiger partial charge in [-0.1, -0.05) is 109 Å². The summed E-state index contributed by atoms with van der Waals surface area (Å²) in [7, 11) is 0. The Balaban J connectivity index is 1.32. The summed E-state index contributed by atoms with van der Waals surface area (Å²) in [6.07, 6.45) is -10.1. The van der Waals surface area contributed by atoms with Crippen LogP contribution in [0.2, 0.25) is 0 Å². The number of nitrogens with zero attached hydrogens (tertiary/aromatic N) is 3. The third kappa shape index (κ3) is 6.20. The fourth-order valence-electron chi connectivity index (χ4n) is 8.58. The van der Waals surface area contributed by atoms with Crippen LogP contribution in [0.25, 0.3) is 88.6 Å². The van der Waals surface area contributed by atoms with Crippen molar-refractivity contribution in [3.63, 3.8) is 0 Å². The number of para-hydroxylation sites is 2. The van der Waals surface area contributed by atoms with E-state index < -0.39 is 23.5 Å². The monoisotopic (exact) mass is 801 g/mol. The molecule has 0 N–H and O–H groups in total. The van der Waals surface area contributed by atoms with Crippen LogP contribution in [0.1, 0.15) is 22.3 Å². The van der Waals surface area contributed by atoms with Gasteiger partial charge in [-0.25, -0.2) is 4.98 Å². The number of aromatic nitrogens is 3. The predicted molar refractivity (Wildman–Crippen MR) is 229 cm³/mol. The molecule has 0 bridgehead atoms. The molecule has 10 aromatic rings. The first-order valence-electron chi connectivity index (χ1n) is 19.3. The van der Waals surface area contributed by atoms with Gasteiger partial charge in [0.2, 0.25) is 0 Å². The molecule has 0 spiro atoms. The summed E-state index contributed by atoms with van der Waals surface area (Å²) in [4.78, 5) is 5.31. The lowest BCUT2D eigenvalue weighted by atomic mass is 9.99. The van der Waals surface area contributed by atoms with Crippen molar-refractivity contribution in [3.8, 4) is 45.0 Å². The van der Waals surface area contributed by atoms with Gasteiger partial charge in [0.15, 0.2) is 0 Å². The number of hydrogen-bond donors (Lipinski definition) is 0. The predicted octanol–water partition coefficient (Wildman–Crippen LogP) is 14.9. The third-order valence-electron chi connectivity index (χ3n) is 11.4. The highest BCUT2D eigenvalue weighted by Gasteiger charge is 2.37. The number of fused-ring (bicyclic) bond motifs is 6. The van der Waals surface area contributed by atoms with Crippen LogP contribution in [-0.4, -0.2) is 14.1 Å². The lowest BCUT2D eigenvalue weighted by molar-refractivity contribution is -0.143. The fourth-order valence-corrected chi connectivity index (χ4v) is 8.58. The zero-order valence-electron chi connectivity index (χ0n) is 32.2. The first-order chi connectivity index (χ1) is 28.8. The highest BCUT2D eigenvalue weighted by molar-refractivity contribution is 6.11. The minimum absolute atomic E-state index is 0.133. The molecule has 0 aliphatic carbocycles. The van der Waals surface area contributed by atoms with E-state index >= 15 is 0 Å². The van der Waals surface area contributed by atoms with E-state index in [0.29, 0.717) is 11.6 Å². The maximum atomic E-state index is 14.4. The molecule has 3 nitrogen and oxygen atoms in total. The standard InChI is InChI=1S/C51H33F6N3/c1-30-11-3-5-13-38(30)32-19-21-42-40-15-7-9-17-44(40)59(46(42)25-32)48-27-35(34-23-36(50(52,53)54)29-37(24-34)51(55,56)57)28-49(58-48)60-45-18-10-8-16-41(45)43-22-20-33(26-47(43)60)39-14-6-4-12-31(39)2/h3-29H,1-2H3. The molecular weight excluding hydrogens is 769 g/mol. The number of hydrogen-bond acceptors (Lipinski definition) is 1. The summed E-state index contributed by atoms with van der Waals surface area (Å²) in [6.45, 7) is 4.07. The number of pyridine rings is 1. The largest absolute Gasteiger partial charge is 0.416 e. The molecule has 3 aromatic heterocycles. The molecule has 60 heavy (non-hydrogen) atoms. The smallest absolute Gasteiger partial charge is 0.294 e. The Kier molecular flexibility index (Phi) is 8.50. The fraction of sp³-hybridized carbons (Fsp3) is 0.0784. The first-order valence-corrected chi connectivity index (χ1v) is 19.3.